The minimum Gasteiger partial charge on any atom is -0.378 e. The van der Waals surface area contributed by atoms with Crippen LogP contribution in [-0.4, -0.2) is 36.2 Å². The molecule has 3 rings (SSSR count). The van der Waals surface area contributed by atoms with Crippen molar-refractivity contribution < 1.29 is 9.53 Å². The summed E-state index contributed by atoms with van der Waals surface area (Å²) in [5, 5.41) is 3.39. The summed E-state index contributed by atoms with van der Waals surface area (Å²) in [4.78, 5) is 14.6. The summed E-state index contributed by atoms with van der Waals surface area (Å²) in [6, 6.07) is 9.76. The third-order valence-corrected chi connectivity index (χ3v) is 4.50. The van der Waals surface area contributed by atoms with E-state index in [2.05, 4.69) is 12.2 Å². The molecule has 3 atom stereocenters. The molecule has 0 saturated carbocycles. The maximum atomic E-state index is 12.6. The van der Waals surface area contributed by atoms with Crippen LogP contribution in [0.1, 0.15) is 44.2 Å². The van der Waals surface area contributed by atoms with Crippen molar-refractivity contribution >= 4 is 5.91 Å². The minimum absolute atomic E-state index is 0.0892. The molecule has 1 aromatic carbocycles. The molecular formula is C17H24N2O2. The maximum Gasteiger partial charge on any atom is 0.245 e. The lowest BCUT2D eigenvalue weighted by Gasteiger charge is -2.26. The van der Waals surface area contributed by atoms with E-state index in [1.807, 2.05) is 35.2 Å². The van der Waals surface area contributed by atoms with Crippen molar-refractivity contribution in [2.24, 2.45) is 0 Å². The molecule has 3 unspecified atom stereocenters. The average Bonchev–Trinajstić information content (AvgIpc) is 2.82. The first-order valence-electron chi connectivity index (χ1n) is 7.99. The van der Waals surface area contributed by atoms with Gasteiger partial charge in [0.15, 0.2) is 0 Å². The molecule has 2 fully saturated rings. The SMILES string of the molecule is CC1NC(c2ccccc2)C(=O)N1CCC1CCCCO1. The van der Waals surface area contributed by atoms with E-state index in [0.717, 1.165) is 31.6 Å². The first-order valence-corrected chi connectivity index (χ1v) is 7.99. The van der Waals surface area contributed by atoms with Crippen molar-refractivity contribution in [2.75, 3.05) is 13.2 Å². The molecule has 0 radical (unpaired) electrons. The van der Waals surface area contributed by atoms with Crippen LogP contribution in [0.15, 0.2) is 30.3 Å². The van der Waals surface area contributed by atoms with Gasteiger partial charge in [-0.1, -0.05) is 30.3 Å². The lowest BCUT2D eigenvalue weighted by atomic mass is 10.1. The van der Waals surface area contributed by atoms with Gasteiger partial charge in [-0.05, 0) is 38.2 Å². The Balaban J connectivity index is 1.60. The predicted octanol–water partition coefficient (Wildman–Crippen LogP) is 2.46. The van der Waals surface area contributed by atoms with Crippen LogP contribution in [0, 0.1) is 0 Å². The van der Waals surface area contributed by atoms with E-state index in [9.17, 15) is 4.79 Å². The molecule has 4 heteroatoms. The smallest absolute Gasteiger partial charge is 0.245 e. The number of hydrogen-bond donors (Lipinski definition) is 1. The third kappa shape index (κ3) is 3.27. The highest BCUT2D eigenvalue weighted by atomic mass is 16.5. The number of rotatable bonds is 4. The zero-order valence-electron chi connectivity index (χ0n) is 12.6. The summed E-state index contributed by atoms with van der Waals surface area (Å²) < 4.78 is 5.76. The van der Waals surface area contributed by atoms with Crippen molar-refractivity contribution in [2.45, 2.75) is 50.9 Å². The number of carbonyl (C=O) groups is 1. The van der Waals surface area contributed by atoms with Crippen LogP contribution in [0.4, 0.5) is 0 Å². The third-order valence-electron chi connectivity index (χ3n) is 4.50. The monoisotopic (exact) mass is 288 g/mol. The summed E-state index contributed by atoms with van der Waals surface area (Å²) in [7, 11) is 0. The fourth-order valence-electron chi connectivity index (χ4n) is 3.27. The van der Waals surface area contributed by atoms with E-state index in [-0.39, 0.29) is 18.1 Å². The Morgan fingerprint density at radius 2 is 2.10 bits per heavy atom. The number of amides is 1. The zero-order chi connectivity index (χ0) is 14.7. The molecule has 0 aromatic heterocycles. The highest BCUT2D eigenvalue weighted by Gasteiger charge is 2.37. The maximum absolute atomic E-state index is 12.6. The van der Waals surface area contributed by atoms with E-state index in [4.69, 9.17) is 4.74 Å². The van der Waals surface area contributed by atoms with Crippen LogP contribution in [-0.2, 0) is 9.53 Å². The Labute approximate surface area is 126 Å². The molecule has 114 valence electrons. The van der Waals surface area contributed by atoms with Gasteiger partial charge in [0.2, 0.25) is 5.91 Å². The molecule has 2 heterocycles. The summed E-state index contributed by atoms with van der Waals surface area (Å²) in [5.41, 5.74) is 1.05. The van der Waals surface area contributed by atoms with Gasteiger partial charge in [0, 0.05) is 13.2 Å². The van der Waals surface area contributed by atoms with Gasteiger partial charge in [0.05, 0.1) is 12.3 Å². The Morgan fingerprint density at radius 1 is 1.29 bits per heavy atom. The van der Waals surface area contributed by atoms with Gasteiger partial charge >= 0.3 is 0 Å². The van der Waals surface area contributed by atoms with Crippen molar-refractivity contribution in [1.29, 1.82) is 0 Å². The molecule has 21 heavy (non-hydrogen) atoms. The second-order valence-corrected chi connectivity index (χ2v) is 6.00. The predicted molar refractivity (Wildman–Crippen MR) is 81.7 cm³/mol. The zero-order valence-corrected chi connectivity index (χ0v) is 12.6. The van der Waals surface area contributed by atoms with E-state index in [1.54, 1.807) is 0 Å². The molecular weight excluding hydrogens is 264 g/mol. The number of hydrogen-bond acceptors (Lipinski definition) is 3. The van der Waals surface area contributed by atoms with Gasteiger partial charge in [0.1, 0.15) is 6.04 Å². The number of nitrogens with zero attached hydrogens (tertiary/aromatic N) is 1. The molecule has 4 nitrogen and oxygen atoms in total. The van der Waals surface area contributed by atoms with Gasteiger partial charge in [-0.2, -0.15) is 0 Å². The molecule has 0 spiro atoms. The van der Waals surface area contributed by atoms with Gasteiger partial charge in [-0.25, -0.2) is 0 Å². The van der Waals surface area contributed by atoms with E-state index >= 15 is 0 Å². The number of nitrogens with one attached hydrogen (secondary N) is 1. The Bertz CT molecular complexity index is 471. The molecule has 1 amide bonds. The highest BCUT2D eigenvalue weighted by Crippen LogP contribution is 2.25. The number of ether oxygens (including phenoxy) is 1. The second-order valence-electron chi connectivity index (χ2n) is 6.00. The summed E-state index contributed by atoms with van der Waals surface area (Å²) in [5.74, 6) is 0.185. The topological polar surface area (TPSA) is 41.6 Å². The van der Waals surface area contributed by atoms with Crippen molar-refractivity contribution in [3.05, 3.63) is 35.9 Å². The summed E-state index contributed by atoms with van der Waals surface area (Å²) in [6.07, 6.45) is 4.91. The van der Waals surface area contributed by atoms with E-state index in [0.29, 0.717) is 6.10 Å². The van der Waals surface area contributed by atoms with Crippen molar-refractivity contribution in [3.63, 3.8) is 0 Å². The fraction of sp³-hybridized carbons (Fsp3) is 0.588. The van der Waals surface area contributed by atoms with Crippen LogP contribution in [0.5, 0.6) is 0 Å². The van der Waals surface area contributed by atoms with E-state index < -0.39 is 0 Å². The van der Waals surface area contributed by atoms with Crippen molar-refractivity contribution in [1.82, 2.24) is 10.2 Å². The lowest BCUT2D eigenvalue weighted by molar-refractivity contribution is -0.130. The van der Waals surface area contributed by atoms with Gasteiger partial charge in [-0.3, -0.25) is 10.1 Å². The standard InChI is InChI=1S/C17H24N2O2/c1-13-18-16(14-7-3-2-4-8-14)17(20)19(13)11-10-15-9-5-6-12-21-15/h2-4,7-8,13,15-16,18H,5-6,9-12H2,1H3. The second kappa shape index (κ2) is 6.58. The lowest BCUT2D eigenvalue weighted by Crippen LogP contribution is -2.37. The van der Waals surface area contributed by atoms with Crippen molar-refractivity contribution in [3.8, 4) is 0 Å². The Hall–Kier alpha value is -1.39. The van der Waals surface area contributed by atoms with Gasteiger partial charge in [-0.15, -0.1) is 0 Å². The summed E-state index contributed by atoms with van der Waals surface area (Å²) >= 11 is 0. The van der Waals surface area contributed by atoms with E-state index in [1.165, 1.54) is 12.8 Å². The summed E-state index contributed by atoms with van der Waals surface area (Å²) in [6.45, 7) is 3.71. The molecule has 1 N–H and O–H groups in total. The number of benzene rings is 1. The molecule has 1 aromatic rings. The molecule has 0 aliphatic carbocycles. The molecule has 2 saturated heterocycles. The first-order chi connectivity index (χ1) is 10.3. The van der Waals surface area contributed by atoms with Crippen LogP contribution in [0.2, 0.25) is 0 Å². The minimum atomic E-state index is -0.200. The normalized spacial score (nSPS) is 29.9. The number of carbonyl (C=O) groups excluding carboxylic acids is 1. The molecule has 2 aliphatic heterocycles. The van der Waals surface area contributed by atoms with Crippen LogP contribution in [0.25, 0.3) is 0 Å². The van der Waals surface area contributed by atoms with Gasteiger partial charge in [0.25, 0.3) is 0 Å². The van der Waals surface area contributed by atoms with Crippen LogP contribution in [0.3, 0.4) is 0 Å². The molecule has 0 bridgehead atoms. The Kier molecular flexibility index (Phi) is 4.56. The highest BCUT2D eigenvalue weighted by molar-refractivity contribution is 5.85. The average molecular weight is 288 g/mol. The quantitative estimate of drug-likeness (QED) is 0.925. The first kappa shape index (κ1) is 14.5. The van der Waals surface area contributed by atoms with Crippen LogP contribution < -0.4 is 5.32 Å². The molecule has 2 aliphatic rings. The largest absolute Gasteiger partial charge is 0.378 e. The van der Waals surface area contributed by atoms with Gasteiger partial charge < -0.3 is 9.64 Å². The fourth-order valence-corrected chi connectivity index (χ4v) is 3.27. The Morgan fingerprint density at radius 3 is 2.81 bits per heavy atom. The van der Waals surface area contributed by atoms with Crippen LogP contribution >= 0.6 is 0 Å².